The number of aryl methyl sites for hydroxylation is 1. The Kier molecular flexibility index (Phi) is 5.71. The fraction of sp³-hybridized carbons (Fsp3) is 0.333. The minimum absolute atomic E-state index is 0.00728. The zero-order chi connectivity index (χ0) is 16.8. The molecule has 0 spiro atoms. The van der Waals surface area contributed by atoms with Crippen LogP contribution < -0.4 is 10.9 Å². The monoisotopic (exact) mass is 314 g/mol. The molecule has 0 aliphatic heterocycles. The van der Waals surface area contributed by atoms with E-state index >= 15 is 0 Å². The molecule has 0 saturated heterocycles. The topological polar surface area (TPSA) is 71.3 Å². The van der Waals surface area contributed by atoms with Crippen molar-refractivity contribution in [3.8, 4) is 0 Å². The predicted molar refractivity (Wildman–Crippen MR) is 89.6 cm³/mol. The molecule has 0 saturated carbocycles. The normalized spacial score (nSPS) is 12.0. The molecule has 0 fully saturated rings. The van der Waals surface area contributed by atoms with Crippen LogP contribution in [0.1, 0.15) is 28.4 Å². The second-order valence-corrected chi connectivity index (χ2v) is 5.84. The number of carbonyl (C=O) groups is 1. The smallest absolute Gasteiger partial charge is 0.263 e. The molecule has 2 N–H and O–H groups in total. The van der Waals surface area contributed by atoms with E-state index in [4.69, 9.17) is 5.11 Å². The van der Waals surface area contributed by atoms with Crippen LogP contribution in [0.25, 0.3) is 0 Å². The molecular weight excluding hydrogens is 292 g/mol. The van der Waals surface area contributed by atoms with Crippen LogP contribution in [0, 0.1) is 12.8 Å². The van der Waals surface area contributed by atoms with E-state index in [0.717, 1.165) is 11.1 Å². The Hall–Kier alpha value is -2.40. The predicted octanol–water partition coefficient (Wildman–Crippen LogP) is 1.56. The fourth-order valence-corrected chi connectivity index (χ4v) is 2.27. The second kappa shape index (κ2) is 7.74. The highest BCUT2D eigenvalue weighted by Gasteiger charge is 2.13. The summed E-state index contributed by atoms with van der Waals surface area (Å²) in [6.07, 6.45) is 1.68. The van der Waals surface area contributed by atoms with Gasteiger partial charge in [0.1, 0.15) is 5.56 Å². The summed E-state index contributed by atoms with van der Waals surface area (Å²) in [6.45, 7) is 4.57. The van der Waals surface area contributed by atoms with Crippen molar-refractivity contribution in [2.45, 2.75) is 20.4 Å². The summed E-state index contributed by atoms with van der Waals surface area (Å²) in [5, 5.41) is 11.7. The largest absolute Gasteiger partial charge is 0.396 e. The van der Waals surface area contributed by atoms with E-state index in [9.17, 15) is 9.59 Å². The van der Waals surface area contributed by atoms with Crippen molar-refractivity contribution in [3.05, 3.63) is 69.6 Å². The van der Waals surface area contributed by atoms with Gasteiger partial charge in [-0.25, -0.2) is 0 Å². The molecule has 23 heavy (non-hydrogen) atoms. The molecule has 0 aliphatic carbocycles. The first-order valence-electron chi connectivity index (χ1n) is 7.65. The molecular formula is C18H22N2O3. The Morgan fingerprint density at radius 1 is 1.30 bits per heavy atom. The Labute approximate surface area is 135 Å². The lowest BCUT2D eigenvalue weighted by atomic mass is 10.1. The molecule has 1 amide bonds. The Morgan fingerprint density at radius 2 is 2.09 bits per heavy atom. The maximum Gasteiger partial charge on any atom is 0.263 e. The highest BCUT2D eigenvalue weighted by molar-refractivity contribution is 5.93. The Balaban J connectivity index is 2.18. The van der Waals surface area contributed by atoms with Crippen LogP contribution >= 0.6 is 0 Å². The van der Waals surface area contributed by atoms with Gasteiger partial charge < -0.3 is 15.0 Å². The number of nitrogens with zero attached hydrogens (tertiary/aromatic N) is 1. The Bertz CT molecular complexity index is 737. The molecule has 5 heteroatoms. The van der Waals surface area contributed by atoms with Gasteiger partial charge >= 0.3 is 0 Å². The summed E-state index contributed by atoms with van der Waals surface area (Å²) >= 11 is 0. The number of rotatable bonds is 6. The van der Waals surface area contributed by atoms with Crippen molar-refractivity contribution >= 4 is 5.91 Å². The summed E-state index contributed by atoms with van der Waals surface area (Å²) in [7, 11) is 0. The van der Waals surface area contributed by atoms with E-state index in [2.05, 4.69) is 5.32 Å². The third kappa shape index (κ3) is 4.53. The van der Waals surface area contributed by atoms with Crippen LogP contribution in [-0.2, 0) is 6.54 Å². The minimum Gasteiger partial charge on any atom is -0.396 e. The third-order valence-corrected chi connectivity index (χ3v) is 3.62. The average Bonchev–Trinajstić information content (AvgIpc) is 2.54. The molecule has 5 nitrogen and oxygen atoms in total. The van der Waals surface area contributed by atoms with Crippen molar-refractivity contribution in [2.24, 2.45) is 5.92 Å². The molecule has 1 heterocycles. The fourth-order valence-electron chi connectivity index (χ4n) is 2.27. The number of hydrogen-bond donors (Lipinski definition) is 2. The number of nitrogens with one attached hydrogen (secondary N) is 1. The van der Waals surface area contributed by atoms with E-state index < -0.39 is 5.91 Å². The minimum atomic E-state index is -0.408. The number of benzene rings is 1. The number of hydrogen-bond acceptors (Lipinski definition) is 3. The van der Waals surface area contributed by atoms with Gasteiger partial charge in [0.25, 0.3) is 11.5 Å². The van der Waals surface area contributed by atoms with Crippen molar-refractivity contribution in [1.29, 1.82) is 0 Å². The lowest BCUT2D eigenvalue weighted by molar-refractivity contribution is 0.0940. The van der Waals surface area contributed by atoms with Crippen molar-refractivity contribution in [1.82, 2.24) is 9.88 Å². The summed E-state index contributed by atoms with van der Waals surface area (Å²) in [5.74, 6) is -0.453. The number of carbonyl (C=O) groups excluding carboxylic acids is 1. The molecule has 2 rings (SSSR count). The highest BCUT2D eigenvalue weighted by atomic mass is 16.3. The van der Waals surface area contributed by atoms with Crippen LogP contribution in [0.2, 0.25) is 0 Å². The van der Waals surface area contributed by atoms with E-state index in [1.807, 2.05) is 38.1 Å². The van der Waals surface area contributed by atoms with E-state index in [0.29, 0.717) is 13.1 Å². The lowest BCUT2D eigenvalue weighted by Gasteiger charge is -2.11. The van der Waals surface area contributed by atoms with Crippen LogP contribution in [-0.4, -0.2) is 28.7 Å². The van der Waals surface area contributed by atoms with Gasteiger partial charge in [0, 0.05) is 19.3 Å². The molecule has 122 valence electrons. The zero-order valence-electron chi connectivity index (χ0n) is 13.5. The quantitative estimate of drug-likeness (QED) is 0.850. The zero-order valence-corrected chi connectivity index (χ0v) is 13.5. The van der Waals surface area contributed by atoms with Gasteiger partial charge in [-0.05, 0) is 30.5 Å². The molecule has 2 aromatic rings. The van der Waals surface area contributed by atoms with Crippen molar-refractivity contribution in [3.63, 3.8) is 0 Å². The van der Waals surface area contributed by atoms with Gasteiger partial charge in [0.2, 0.25) is 0 Å². The molecule has 1 aromatic carbocycles. The summed E-state index contributed by atoms with van der Waals surface area (Å²) in [5.41, 5.74) is 1.94. The standard InChI is InChI=1S/C18H22N2O3/c1-13-5-3-6-15(9-13)11-20-8-4-7-16(18(20)23)17(22)19-10-14(2)12-21/h3-9,14,21H,10-12H2,1-2H3,(H,19,22). The van der Waals surface area contributed by atoms with Gasteiger partial charge in [0.15, 0.2) is 0 Å². The SMILES string of the molecule is Cc1cccc(Cn2cccc(C(=O)NCC(C)CO)c2=O)c1. The first-order valence-corrected chi connectivity index (χ1v) is 7.65. The first-order chi connectivity index (χ1) is 11.0. The maximum absolute atomic E-state index is 12.5. The number of aliphatic hydroxyl groups is 1. The van der Waals surface area contributed by atoms with E-state index in [1.54, 1.807) is 12.3 Å². The number of pyridine rings is 1. The average molecular weight is 314 g/mol. The van der Waals surface area contributed by atoms with Crippen molar-refractivity contribution < 1.29 is 9.90 Å². The molecule has 1 atom stereocenters. The number of aliphatic hydroxyl groups excluding tert-OH is 1. The van der Waals surface area contributed by atoms with Gasteiger partial charge in [-0.15, -0.1) is 0 Å². The second-order valence-electron chi connectivity index (χ2n) is 5.84. The first kappa shape index (κ1) is 17.0. The van der Waals surface area contributed by atoms with Gasteiger partial charge in [-0.1, -0.05) is 36.8 Å². The molecule has 1 unspecified atom stereocenters. The molecule has 0 radical (unpaired) electrons. The van der Waals surface area contributed by atoms with E-state index in [1.165, 1.54) is 10.6 Å². The van der Waals surface area contributed by atoms with Crippen LogP contribution in [0.4, 0.5) is 0 Å². The Morgan fingerprint density at radius 3 is 2.78 bits per heavy atom. The molecule has 0 aliphatic rings. The van der Waals surface area contributed by atoms with Gasteiger partial charge in [-0.2, -0.15) is 0 Å². The summed E-state index contributed by atoms with van der Waals surface area (Å²) < 4.78 is 1.53. The van der Waals surface area contributed by atoms with Crippen LogP contribution in [0.5, 0.6) is 0 Å². The number of amides is 1. The van der Waals surface area contributed by atoms with E-state index in [-0.39, 0.29) is 23.6 Å². The molecule has 0 bridgehead atoms. The molecule has 1 aromatic heterocycles. The van der Waals surface area contributed by atoms with Crippen molar-refractivity contribution in [2.75, 3.05) is 13.2 Å². The van der Waals surface area contributed by atoms with Crippen LogP contribution in [0.15, 0.2) is 47.4 Å². The van der Waals surface area contributed by atoms with Gasteiger partial charge in [0.05, 0.1) is 6.54 Å². The van der Waals surface area contributed by atoms with Gasteiger partial charge in [-0.3, -0.25) is 9.59 Å². The third-order valence-electron chi connectivity index (χ3n) is 3.62. The number of aromatic nitrogens is 1. The summed E-state index contributed by atoms with van der Waals surface area (Å²) in [4.78, 5) is 24.6. The highest BCUT2D eigenvalue weighted by Crippen LogP contribution is 2.05. The summed E-state index contributed by atoms with van der Waals surface area (Å²) in [6, 6.07) is 11.1. The maximum atomic E-state index is 12.5. The van der Waals surface area contributed by atoms with Crippen LogP contribution in [0.3, 0.4) is 0 Å². The lowest BCUT2D eigenvalue weighted by Crippen LogP contribution is -2.35.